The maximum atomic E-state index is 5.28. The third-order valence-electron chi connectivity index (χ3n) is 3.63. The van der Waals surface area contributed by atoms with Gasteiger partial charge in [-0.3, -0.25) is 0 Å². The Hall–Kier alpha value is -1.32. The van der Waals surface area contributed by atoms with E-state index in [2.05, 4.69) is 55.7 Å². The Morgan fingerprint density at radius 1 is 1.25 bits per heavy atom. The van der Waals surface area contributed by atoms with Crippen molar-refractivity contribution in [3.05, 3.63) is 52.2 Å². The van der Waals surface area contributed by atoms with E-state index >= 15 is 0 Å². The molecule has 0 fully saturated rings. The van der Waals surface area contributed by atoms with Gasteiger partial charge in [0.25, 0.3) is 0 Å². The number of hydrogen-bond donors (Lipinski definition) is 1. The molecule has 1 aromatic heterocycles. The van der Waals surface area contributed by atoms with Gasteiger partial charge in [-0.05, 0) is 36.1 Å². The number of hydrogen-bond acceptors (Lipinski definition) is 3. The number of rotatable bonds is 6. The zero-order valence-corrected chi connectivity index (χ0v) is 13.5. The summed E-state index contributed by atoms with van der Waals surface area (Å²) < 4.78 is 5.28. The summed E-state index contributed by atoms with van der Waals surface area (Å²) in [6, 6.07) is 12.9. The van der Waals surface area contributed by atoms with Gasteiger partial charge in [0.15, 0.2) is 0 Å². The quantitative estimate of drug-likeness (QED) is 0.852. The molecule has 0 saturated heterocycles. The lowest BCUT2D eigenvalue weighted by Gasteiger charge is -2.26. The molecule has 0 radical (unpaired) electrons. The van der Waals surface area contributed by atoms with Crippen LogP contribution in [-0.4, -0.2) is 13.7 Å². The molecular weight excluding hydrogens is 266 g/mol. The standard InChI is InChI=1S/C17H23NOS/c1-13(14-7-5-8-15(11-14)19-4)18-12-17(2,3)16-9-6-10-20-16/h5-11,13,18H,12H2,1-4H3. The van der Waals surface area contributed by atoms with Crippen molar-refractivity contribution >= 4 is 11.3 Å². The summed E-state index contributed by atoms with van der Waals surface area (Å²) in [4.78, 5) is 1.42. The summed E-state index contributed by atoms with van der Waals surface area (Å²) in [5.74, 6) is 0.911. The zero-order chi connectivity index (χ0) is 14.6. The molecule has 0 amide bonds. The summed E-state index contributed by atoms with van der Waals surface area (Å²) >= 11 is 1.82. The lowest BCUT2D eigenvalue weighted by Crippen LogP contribution is -2.33. The Kier molecular flexibility index (Phi) is 4.84. The van der Waals surface area contributed by atoms with Gasteiger partial charge < -0.3 is 10.1 Å². The molecule has 3 heteroatoms. The number of nitrogens with one attached hydrogen (secondary N) is 1. The molecule has 1 N–H and O–H groups in total. The molecule has 2 nitrogen and oxygen atoms in total. The first-order valence-corrected chi connectivity index (χ1v) is 7.82. The lowest BCUT2D eigenvalue weighted by molar-refractivity contribution is 0.411. The third kappa shape index (κ3) is 3.62. The molecule has 1 heterocycles. The van der Waals surface area contributed by atoms with Crippen LogP contribution in [0.15, 0.2) is 41.8 Å². The fourth-order valence-corrected chi connectivity index (χ4v) is 3.04. The molecular formula is C17H23NOS. The van der Waals surface area contributed by atoms with E-state index < -0.39 is 0 Å². The van der Waals surface area contributed by atoms with Gasteiger partial charge in [0.1, 0.15) is 5.75 Å². The van der Waals surface area contributed by atoms with E-state index in [0.29, 0.717) is 6.04 Å². The summed E-state index contributed by atoms with van der Waals surface area (Å²) in [6.45, 7) is 7.71. The molecule has 0 bridgehead atoms. The minimum absolute atomic E-state index is 0.154. The van der Waals surface area contributed by atoms with Gasteiger partial charge in [-0.25, -0.2) is 0 Å². The number of thiophene rings is 1. The first-order valence-electron chi connectivity index (χ1n) is 6.94. The molecule has 2 rings (SSSR count). The number of methoxy groups -OCH3 is 1. The molecule has 2 aromatic rings. The Morgan fingerprint density at radius 3 is 2.70 bits per heavy atom. The van der Waals surface area contributed by atoms with Crippen molar-refractivity contribution < 1.29 is 4.74 Å². The van der Waals surface area contributed by atoms with E-state index in [1.54, 1.807) is 7.11 Å². The molecule has 0 aliphatic carbocycles. The fourth-order valence-electron chi connectivity index (χ4n) is 2.19. The Bertz CT molecular complexity index is 534. The first-order chi connectivity index (χ1) is 9.53. The largest absolute Gasteiger partial charge is 0.497 e. The lowest BCUT2D eigenvalue weighted by atomic mass is 9.91. The van der Waals surface area contributed by atoms with Crippen molar-refractivity contribution in [3.8, 4) is 5.75 Å². The SMILES string of the molecule is COc1cccc(C(C)NCC(C)(C)c2cccs2)c1. The van der Waals surface area contributed by atoms with E-state index in [9.17, 15) is 0 Å². The molecule has 1 unspecified atom stereocenters. The molecule has 1 atom stereocenters. The van der Waals surface area contributed by atoms with Crippen LogP contribution in [0.25, 0.3) is 0 Å². The predicted molar refractivity (Wildman–Crippen MR) is 86.8 cm³/mol. The maximum Gasteiger partial charge on any atom is 0.119 e. The van der Waals surface area contributed by atoms with Crippen LogP contribution in [0.5, 0.6) is 5.75 Å². The molecule has 20 heavy (non-hydrogen) atoms. The highest BCUT2D eigenvalue weighted by Gasteiger charge is 2.22. The van der Waals surface area contributed by atoms with Crippen molar-refractivity contribution in [1.29, 1.82) is 0 Å². The number of benzene rings is 1. The maximum absolute atomic E-state index is 5.28. The summed E-state index contributed by atoms with van der Waals surface area (Å²) in [5, 5.41) is 5.77. The summed E-state index contributed by atoms with van der Waals surface area (Å²) in [6.07, 6.45) is 0. The van der Waals surface area contributed by atoms with Gasteiger partial charge in [-0.2, -0.15) is 0 Å². The van der Waals surface area contributed by atoms with Crippen molar-refractivity contribution in [2.75, 3.05) is 13.7 Å². The molecule has 0 spiro atoms. The minimum atomic E-state index is 0.154. The predicted octanol–water partition coefficient (Wildman–Crippen LogP) is 4.39. The van der Waals surface area contributed by atoms with Crippen molar-refractivity contribution in [2.24, 2.45) is 0 Å². The molecule has 1 aromatic carbocycles. The highest BCUT2D eigenvalue weighted by molar-refractivity contribution is 7.10. The molecule has 0 aliphatic heterocycles. The average molecular weight is 289 g/mol. The second kappa shape index (κ2) is 6.42. The van der Waals surface area contributed by atoms with Crippen LogP contribution in [0.3, 0.4) is 0 Å². The Balaban J connectivity index is 1.99. The van der Waals surface area contributed by atoms with Gasteiger partial charge in [-0.15, -0.1) is 11.3 Å². The van der Waals surface area contributed by atoms with Crippen LogP contribution >= 0.6 is 11.3 Å². The van der Waals surface area contributed by atoms with Crippen LogP contribution in [0, 0.1) is 0 Å². The third-order valence-corrected chi connectivity index (χ3v) is 4.87. The van der Waals surface area contributed by atoms with Gasteiger partial charge >= 0.3 is 0 Å². The Morgan fingerprint density at radius 2 is 2.05 bits per heavy atom. The second-order valence-electron chi connectivity index (χ2n) is 5.74. The summed E-state index contributed by atoms with van der Waals surface area (Å²) in [7, 11) is 1.71. The van der Waals surface area contributed by atoms with Crippen LogP contribution in [0.4, 0.5) is 0 Å². The van der Waals surface area contributed by atoms with Crippen LogP contribution in [0.1, 0.15) is 37.3 Å². The van der Waals surface area contributed by atoms with Gasteiger partial charge in [0.2, 0.25) is 0 Å². The monoisotopic (exact) mass is 289 g/mol. The van der Waals surface area contributed by atoms with Crippen LogP contribution in [0.2, 0.25) is 0 Å². The van der Waals surface area contributed by atoms with Gasteiger partial charge in [-0.1, -0.05) is 32.0 Å². The van der Waals surface area contributed by atoms with E-state index in [4.69, 9.17) is 4.74 Å². The van der Waals surface area contributed by atoms with Crippen molar-refractivity contribution in [2.45, 2.75) is 32.2 Å². The van der Waals surface area contributed by atoms with Gasteiger partial charge in [0.05, 0.1) is 7.11 Å². The van der Waals surface area contributed by atoms with Crippen molar-refractivity contribution in [3.63, 3.8) is 0 Å². The Labute approximate surface area is 125 Å². The fraction of sp³-hybridized carbons (Fsp3) is 0.412. The van der Waals surface area contributed by atoms with E-state index in [1.807, 2.05) is 23.5 Å². The van der Waals surface area contributed by atoms with Crippen molar-refractivity contribution in [1.82, 2.24) is 5.32 Å². The zero-order valence-electron chi connectivity index (χ0n) is 12.6. The molecule has 0 aliphatic rings. The van der Waals surface area contributed by atoms with Crippen LogP contribution < -0.4 is 10.1 Å². The highest BCUT2D eigenvalue weighted by atomic mass is 32.1. The average Bonchev–Trinajstić information content (AvgIpc) is 3.00. The first kappa shape index (κ1) is 15.1. The second-order valence-corrected chi connectivity index (χ2v) is 6.69. The number of ether oxygens (including phenoxy) is 1. The normalized spacial score (nSPS) is 13.2. The highest BCUT2D eigenvalue weighted by Crippen LogP contribution is 2.28. The van der Waals surface area contributed by atoms with Crippen LogP contribution in [-0.2, 0) is 5.41 Å². The minimum Gasteiger partial charge on any atom is -0.497 e. The summed E-state index contributed by atoms with van der Waals surface area (Å²) in [5.41, 5.74) is 1.41. The van der Waals surface area contributed by atoms with E-state index in [-0.39, 0.29) is 5.41 Å². The van der Waals surface area contributed by atoms with Gasteiger partial charge in [0, 0.05) is 22.9 Å². The molecule has 108 valence electrons. The topological polar surface area (TPSA) is 21.3 Å². The molecule has 0 saturated carbocycles. The van der Waals surface area contributed by atoms with E-state index in [1.165, 1.54) is 10.4 Å². The smallest absolute Gasteiger partial charge is 0.119 e. The van der Waals surface area contributed by atoms with E-state index in [0.717, 1.165) is 12.3 Å².